The molecule has 88 valence electrons. The summed E-state index contributed by atoms with van der Waals surface area (Å²) < 4.78 is 5.19. The molecule has 0 saturated carbocycles. The lowest BCUT2D eigenvalue weighted by Crippen LogP contribution is -1.79. The number of hydrogen-bond acceptors (Lipinski definition) is 6. The van der Waals surface area contributed by atoms with Gasteiger partial charge in [-0.25, -0.2) is 4.98 Å². The summed E-state index contributed by atoms with van der Waals surface area (Å²) in [6, 6.07) is 9.32. The molecule has 2 aromatic rings. The van der Waals surface area contributed by atoms with E-state index in [0.29, 0.717) is 17.3 Å². The summed E-state index contributed by atoms with van der Waals surface area (Å²) in [6.07, 6.45) is 3.02. The summed E-state index contributed by atoms with van der Waals surface area (Å²) in [5, 5.41) is 20.4. The Balaban J connectivity index is 1.99. The van der Waals surface area contributed by atoms with Gasteiger partial charge >= 0.3 is 5.95 Å². The number of aromatic hydroxyl groups is 1. The topological polar surface area (TPSA) is 83.3 Å². The monoisotopic (exact) mass is 240 g/mol. The van der Waals surface area contributed by atoms with Gasteiger partial charge in [0.05, 0.1) is 6.21 Å². The zero-order chi connectivity index (χ0) is 12.4. The van der Waals surface area contributed by atoms with Crippen molar-refractivity contribution in [2.24, 2.45) is 15.4 Å². The molecule has 18 heavy (non-hydrogen) atoms. The van der Waals surface area contributed by atoms with Crippen molar-refractivity contribution < 1.29 is 9.52 Å². The molecule has 6 nitrogen and oxygen atoms in total. The zero-order valence-electron chi connectivity index (χ0n) is 9.19. The number of rotatable bonds is 2. The first-order valence-corrected chi connectivity index (χ1v) is 5.24. The normalized spacial score (nSPS) is 15.7. The summed E-state index contributed by atoms with van der Waals surface area (Å²) >= 11 is 0. The highest BCUT2D eigenvalue weighted by atomic mass is 16.5. The molecule has 0 aliphatic carbocycles. The molecule has 3 rings (SSSR count). The number of hydrogen-bond donors (Lipinski definition) is 1. The molecule has 1 aromatic heterocycles. The Labute approximate surface area is 102 Å². The number of nitrogens with zero attached hydrogens (tertiary/aromatic N) is 4. The van der Waals surface area contributed by atoms with Crippen LogP contribution in [0, 0.1) is 0 Å². The maximum absolute atomic E-state index is 9.66. The van der Waals surface area contributed by atoms with Crippen LogP contribution in [-0.2, 0) is 0 Å². The van der Waals surface area contributed by atoms with Crippen molar-refractivity contribution in [2.75, 3.05) is 0 Å². The Morgan fingerprint density at radius 2 is 2.00 bits per heavy atom. The minimum atomic E-state index is -0.253. The van der Waals surface area contributed by atoms with Crippen LogP contribution in [0.25, 0.3) is 17.5 Å². The first-order valence-electron chi connectivity index (χ1n) is 5.24. The van der Waals surface area contributed by atoms with Crippen LogP contribution in [0.3, 0.4) is 0 Å². The van der Waals surface area contributed by atoms with Gasteiger partial charge < -0.3 is 9.52 Å². The van der Waals surface area contributed by atoms with E-state index in [4.69, 9.17) is 4.42 Å². The van der Waals surface area contributed by atoms with Gasteiger partial charge in [-0.3, -0.25) is 0 Å². The van der Waals surface area contributed by atoms with E-state index >= 15 is 0 Å². The van der Waals surface area contributed by atoms with Crippen LogP contribution in [0.5, 0.6) is 5.95 Å². The summed E-state index contributed by atoms with van der Waals surface area (Å²) in [6.45, 7) is 0. The lowest BCUT2D eigenvalue weighted by atomic mass is 10.2. The van der Waals surface area contributed by atoms with Crippen LogP contribution < -0.4 is 0 Å². The van der Waals surface area contributed by atoms with Crippen LogP contribution in [0.2, 0.25) is 0 Å². The van der Waals surface area contributed by atoms with Crippen LogP contribution in [0.15, 0.2) is 55.9 Å². The molecule has 1 aromatic carbocycles. The highest BCUT2D eigenvalue weighted by Crippen LogP contribution is 2.27. The second kappa shape index (κ2) is 4.25. The van der Waals surface area contributed by atoms with E-state index in [0.717, 1.165) is 5.56 Å². The van der Waals surface area contributed by atoms with E-state index in [2.05, 4.69) is 20.4 Å². The third-order valence-corrected chi connectivity index (χ3v) is 2.34. The Morgan fingerprint density at radius 1 is 1.17 bits per heavy atom. The molecule has 1 aliphatic heterocycles. The minimum absolute atomic E-state index is 0.253. The van der Waals surface area contributed by atoms with E-state index in [-0.39, 0.29) is 5.95 Å². The summed E-state index contributed by atoms with van der Waals surface area (Å²) in [7, 11) is 0. The van der Waals surface area contributed by atoms with Crippen molar-refractivity contribution >= 4 is 12.3 Å². The summed E-state index contributed by atoms with van der Waals surface area (Å²) in [5.41, 5.74) is 1.61. The maximum atomic E-state index is 9.66. The van der Waals surface area contributed by atoms with E-state index in [1.54, 1.807) is 6.08 Å². The van der Waals surface area contributed by atoms with Gasteiger partial charge in [0.15, 0.2) is 5.69 Å². The van der Waals surface area contributed by atoms with Crippen LogP contribution in [0.4, 0.5) is 0 Å². The van der Waals surface area contributed by atoms with Crippen molar-refractivity contribution in [1.29, 1.82) is 0 Å². The van der Waals surface area contributed by atoms with Crippen LogP contribution in [-0.4, -0.2) is 16.3 Å². The van der Waals surface area contributed by atoms with E-state index < -0.39 is 0 Å². The van der Waals surface area contributed by atoms with Crippen molar-refractivity contribution in [2.45, 2.75) is 0 Å². The van der Waals surface area contributed by atoms with Crippen molar-refractivity contribution in [3.8, 4) is 17.4 Å². The Morgan fingerprint density at radius 3 is 2.72 bits per heavy atom. The molecule has 0 atom stereocenters. The Kier molecular flexibility index (Phi) is 2.45. The van der Waals surface area contributed by atoms with Gasteiger partial charge in [-0.2, -0.15) is 0 Å². The summed E-state index contributed by atoms with van der Waals surface area (Å²) in [5.74, 6) is 0.101. The number of allylic oxidation sites excluding steroid dienone is 1. The zero-order valence-corrected chi connectivity index (χ0v) is 9.19. The molecular formula is C12H8N4O2. The SMILES string of the molecule is Oc1oc(-c2ccccc2)nc1C=C1C=NN=N1. The fraction of sp³-hybridized carbons (Fsp3) is 0. The minimum Gasteiger partial charge on any atom is -0.479 e. The molecule has 1 N–H and O–H groups in total. The van der Waals surface area contributed by atoms with Crippen molar-refractivity contribution in [3.05, 3.63) is 41.7 Å². The van der Waals surface area contributed by atoms with Crippen LogP contribution >= 0.6 is 0 Å². The molecule has 0 saturated heterocycles. The molecule has 0 unspecified atom stereocenters. The fourth-order valence-electron chi connectivity index (χ4n) is 1.52. The third-order valence-electron chi connectivity index (χ3n) is 2.34. The average molecular weight is 240 g/mol. The first-order chi connectivity index (χ1) is 8.83. The molecule has 0 radical (unpaired) electrons. The molecule has 2 heterocycles. The third kappa shape index (κ3) is 1.91. The molecule has 1 aliphatic rings. The maximum Gasteiger partial charge on any atom is 0.310 e. The first kappa shape index (κ1) is 10.4. The van der Waals surface area contributed by atoms with Gasteiger partial charge in [-0.1, -0.05) is 18.2 Å². The van der Waals surface area contributed by atoms with Crippen molar-refractivity contribution in [3.63, 3.8) is 0 Å². The highest BCUT2D eigenvalue weighted by molar-refractivity contribution is 5.85. The van der Waals surface area contributed by atoms with E-state index in [1.165, 1.54) is 6.21 Å². The number of oxazole rings is 1. The van der Waals surface area contributed by atoms with Gasteiger partial charge in [-0.15, -0.1) is 10.2 Å². The average Bonchev–Trinajstić information content (AvgIpc) is 3.02. The lowest BCUT2D eigenvalue weighted by molar-refractivity contribution is 0.336. The second-order valence-electron chi connectivity index (χ2n) is 3.58. The quantitative estimate of drug-likeness (QED) is 0.875. The lowest BCUT2D eigenvalue weighted by Gasteiger charge is -1.91. The molecule has 0 amide bonds. The molecule has 0 fully saturated rings. The van der Waals surface area contributed by atoms with Gasteiger partial charge in [0.1, 0.15) is 5.70 Å². The van der Waals surface area contributed by atoms with Gasteiger partial charge in [0.25, 0.3) is 0 Å². The van der Waals surface area contributed by atoms with Gasteiger partial charge in [-0.05, 0) is 17.4 Å². The molecular weight excluding hydrogens is 232 g/mol. The Hall–Kier alpha value is -2.76. The van der Waals surface area contributed by atoms with Gasteiger partial charge in [0, 0.05) is 11.6 Å². The molecule has 0 spiro atoms. The van der Waals surface area contributed by atoms with E-state index in [1.807, 2.05) is 30.3 Å². The van der Waals surface area contributed by atoms with Crippen LogP contribution in [0.1, 0.15) is 5.69 Å². The predicted octanol–water partition coefficient (Wildman–Crippen LogP) is 2.84. The highest BCUT2D eigenvalue weighted by Gasteiger charge is 2.13. The Bertz CT molecular complexity index is 642. The molecule has 6 heteroatoms. The predicted molar refractivity (Wildman–Crippen MR) is 64.9 cm³/mol. The standard InChI is InChI=1S/C12H8N4O2/c17-12-10(6-9-7-13-16-15-9)14-11(18-12)8-4-2-1-3-5-8/h1-7,17H. The number of aromatic nitrogens is 1. The fourth-order valence-corrected chi connectivity index (χ4v) is 1.52. The van der Waals surface area contributed by atoms with Gasteiger partial charge in [0.2, 0.25) is 5.89 Å². The van der Waals surface area contributed by atoms with Crippen molar-refractivity contribution in [1.82, 2.24) is 4.98 Å². The number of benzene rings is 1. The molecule has 0 bridgehead atoms. The largest absolute Gasteiger partial charge is 0.479 e. The second-order valence-corrected chi connectivity index (χ2v) is 3.58. The smallest absolute Gasteiger partial charge is 0.310 e. The summed E-state index contributed by atoms with van der Waals surface area (Å²) in [4.78, 5) is 4.19. The van der Waals surface area contributed by atoms with E-state index in [9.17, 15) is 5.11 Å².